The molecule has 0 fully saturated rings. The fourth-order valence-electron chi connectivity index (χ4n) is 3.41. The zero-order valence-electron chi connectivity index (χ0n) is 14.9. The highest BCUT2D eigenvalue weighted by molar-refractivity contribution is 5.90. The highest BCUT2D eigenvalue weighted by atomic mass is 16.5. The van der Waals surface area contributed by atoms with Crippen LogP contribution in [0, 0.1) is 5.92 Å². The molecule has 1 heterocycles. The maximum Gasteiger partial charge on any atom is 0.334 e. The highest BCUT2D eigenvalue weighted by Crippen LogP contribution is 2.34. The van der Waals surface area contributed by atoms with Gasteiger partial charge in [0.2, 0.25) is 0 Å². The molecule has 0 amide bonds. The summed E-state index contributed by atoms with van der Waals surface area (Å²) >= 11 is 0. The predicted molar refractivity (Wildman–Crippen MR) is 93.0 cm³/mol. The number of ether oxygens (including phenoxy) is 1. The molecular formula is C20H30O3. The number of carbonyl (C=O) groups is 1. The number of carbonyl (C=O) groups excluding carboxylic acids is 1. The Bertz CT molecular complexity index is 532. The van der Waals surface area contributed by atoms with Gasteiger partial charge in [-0.2, -0.15) is 0 Å². The van der Waals surface area contributed by atoms with Crippen molar-refractivity contribution in [2.24, 2.45) is 5.92 Å². The van der Waals surface area contributed by atoms with E-state index >= 15 is 0 Å². The molecule has 2 atom stereocenters. The van der Waals surface area contributed by atoms with Crippen molar-refractivity contribution in [1.29, 1.82) is 0 Å². The van der Waals surface area contributed by atoms with Gasteiger partial charge in [0.25, 0.3) is 0 Å². The summed E-state index contributed by atoms with van der Waals surface area (Å²) in [6, 6.07) is 0. The fraction of sp³-hybridized carbons (Fsp3) is 0.650. The van der Waals surface area contributed by atoms with Crippen LogP contribution in [0.4, 0.5) is 0 Å². The molecule has 0 spiro atoms. The lowest BCUT2D eigenvalue weighted by molar-refractivity contribution is -0.145. The van der Waals surface area contributed by atoms with Gasteiger partial charge in [0, 0.05) is 11.5 Å². The summed E-state index contributed by atoms with van der Waals surface area (Å²) in [7, 11) is 0. The standard InChI is InChI=1S/C20H30O3/c1-14-7-5-8-15(2)11-12-17(20(3,4)22)18-13-16(10-6-9-14)19(21)23-18/h8-9,13,17-18,22H,5-7,10-12H2,1-4H3/b14-9-,15-8-/t17-,18-/m0/s1. The molecule has 1 aliphatic heterocycles. The average Bonchev–Trinajstić information content (AvgIpc) is 2.78. The van der Waals surface area contributed by atoms with Crippen LogP contribution in [0.5, 0.6) is 0 Å². The van der Waals surface area contributed by atoms with E-state index < -0.39 is 5.60 Å². The van der Waals surface area contributed by atoms with Crippen molar-refractivity contribution in [2.45, 2.75) is 77.9 Å². The molecule has 2 aliphatic rings. The van der Waals surface area contributed by atoms with Crippen LogP contribution < -0.4 is 0 Å². The molecule has 1 N–H and O–H groups in total. The minimum absolute atomic E-state index is 0.0764. The van der Waals surface area contributed by atoms with E-state index in [1.165, 1.54) is 11.1 Å². The second-order valence-electron chi connectivity index (χ2n) is 7.54. The van der Waals surface area contributed by atoms with E-state index in [1.54, 1.807) is 0 Å². The lowest BCUT2D eigenvalue weighted by Crippen LogP contribution is -2.39. The Morgan fingerprint density at radius 2 is 1.70 bits per heavy atom. The summed E-state index contributed by atoms with van der Waals surface area (Å²) in [6.45, 7) is 7.93. The average molecular weight is 318 g/mol. The third-order valence-electron chi connectivity index (χ3n) is 4.96. The molecule has 3 heteroatoms. The molecule has 0 aromatic heterocycles. The van der Waals surface area contributed by atoms with Crippen LogP contribution in [0.1, 0.15) is 66.2 Å². The lowest BCUT2D eigenvalue weighted by atomic mass is 9.81. The SMILES string of the molecule is C/C1=C/CCC2=C[C@H](OC2=O)[C@@H](C(C)(C)O)CC/C(C)=C\CC1. The van der Waals surface area contributed by atoms with Crippen molar-refractivity contribution in [3.63, 3.8) is 0 Å². The monoisotopic (exact) mass is 318 g/mol. The number of hydrogen-bond acceptors (Lipinski definition) is 3. The van der Waals surface area contributed by atoms with Crippen molar-refractivity contribution in [2.75, 3.05) is 0 Å². The molecule has 2 rings (SSSR count). The lowest BCUT2D eigenvalue weighted by Gasteiger charge is -2.32. The van der Waals surface area contributed by atoms with E-state index in [2.05, 4.69) is 26.0 Å². The van der Waals surface area contributed by atoms with Crippen molar-refractivity contribution in [3.8, 4) is 0 Å². The first-order chi connectivity index (χ1) is 10.8. The number of allylic oxidation sites excluding steroid dienone is 4. The van der Waals surface area contributed by atoms with Gasteiger partial charge < -0.3 is 9.84 Å². The normalized spacial score (nSPS) is 32.0. The van der Waals surface area contributed by atoms with Gasteiger partial charge in [0.15, 0.2) is 0 Å². The molecule has 3 nitrogen and oxygen atoms in total. The minimum Gasteiger partial charge on any atom is -0.454 e. The summed E-state index contributed by atoms with van der Waals surface area (Å²) in [5.41, 5.74) is 2.62. The summed E-state index contributed by atoms with van der Waals surface area (Å²) in [6.07, 6.45) is 11.6. The summed E-state index contributed by atoms with van der Waals surface area (Å²) in [4.78, 5) is 12.1. The first-order valence-corrected chi connectivity index (χ1v) is 8.72. The largest absolute Gasteiger partial charge is 0.454 e. The van der Waals surface area contributed by atoms with E-state index in [-0.39, 0.29) is 18.0 Å². The molecule has 0 aromatic carbocycles. The maximum absolute atomic E-state index is 12.1. The highest BCUT2D eigenvalue weighted by Gasteiger charge is 2.38. The van der Waals surface area contributed by atoms with Crippen LogP contribution in [0.3, 0.4) is 0 Å². The Morgan fingerprint density at radius 1 is 1.09 bits per heavy atom. The van der Waals surface area contributed by atoms with Crippen LogP contribution >= 0.6 is 0 Å². The van der Waals surface area contributed by atoms with Crippen LogP contribution in [0.2, 0.25) is 0 Å². The smallest absolute Gasteiger partial charge is 0.334 e. The predicted octanol–water partition coefficient (Wildman–Crippen LogP) is 4.47. The second-order valence-corrected chi connectivity index (χ2v) is 7.54. The molecule has 0 saturated heterocycles. The number of aliphatic hydroxyl groups is 1. The first-order valence-electron chi connectivity index (χ1n) is 8.72. The number of rotatable bonds is 1. The quantitative estimate of drug-likeness (QED) is 0.573. The van der Waals surface area contributed by atoms with Gasteiger partial charge in [-0.25, -0.2) is 4.79 Å². The molecule has 128 valence electrons. The molecule has 0 unspecified atom stereocenters. The van der Waals surface area contributed by atoms with Crippen molar-refractivity contribution in [1.82, 2.24) is 0 Å². The van der Waals surface area contributed by atoms with Gasteiger partial charge in [-0.15, -0.1) is 0 Å². The zero-order valence-corrected chi connectivity index (χ0v) is 14.9. The van der Waals surface area contributed by atoms with Gasteiger partial charge in [0.05, 0.1) is 5.60 Å². The first kappa shape index (κ1) is 18.0. The van der Waals surface area contributed by atoms with E-state index in [1.807, 2.05) is 19.9 Å². The molecule has 0 aromatic rings. The van der Waals surface area contributed by atoms with Crippen LogP contribution in [0.25, 0.3) is 0 Å². The maximum atomic E-state index is 12.1. The van der Waals surface area contributed by atoms with Crippen molar-refractivity contribution >= 4 is 5.97 Å². The van der Waals surface area contributed by atoms with Gasteiger partial charge in [-0.1, -0.05) is 23.3 Å². The van der Waals surface area contributed by atoms with Gasteiger partial charge in [-0.3, -0.25) is 0 Å². The molecule has 2 bridgehead atoms. The van der Waals surface area contributed by atoms with Gasteiger partial charge in [0.1, 0.15) is 6.10 Å². The molecule has 0 saturated carbocycles. The summed E-state index contributed by atoms with van der Waals surface area (Å²) in [5, 5.41) is 10.5. The van der Waals surface area contributed by atoms with Crippen molar-refractivity contribution in [3.05, 3.63) is 34.9 Å². The van der Waals surface area contributed by atoms with E-state index in [4.69, 9.17) is 4.74 Å². The minimum atomic E-state index is -0.870. The third-order valence-corrected chi connectivity index (χ3v) is 4.96. The summed E-state index contributed by atoms with van der Waals surface area (Å²) in [5.74, 6) is -0.287. The Kier molecular flexibility index (Phi) is 5.85. The van der Waals surface area contributed by atoms with E-state index in [9.17, 15) is 9.90 Å². The molecule has 0 radical (unpaired) electrons. The van der Waals surface area contributed by atoms with Gasteiger partial charge >= 0.3 is 5.97 Å². The zero-order chi connectivity index (χ0) is 17.0. The number of hydrogen-bond donors (Lipinski definition) is 1. The van der Waals surface area contributed by atoms with Gasteiger partial charge in [-0.05, 0) is 72.3 Å². The van der Waals surface area contributed by atoms with Crippen LogP contribution in [-0.4, -0.2) is 22.8 Å². The van der Waals surface area contributed by atoms with Crippen molar-refractivity contribution < 1.29 is 14.6 Å². The van der Waals surface area contributed by atoms with Crippen LogP contribution in [-0.2, 0) is 9.53 Å². The Hall–Kier alpha value is -1.35. The number of fused-ring (bicyclic) bond motifs is 1. The Balaban J connectivity index is 2.25. The topological polar surface area (TPSA) is 46.5 Å². The Labute approximate surface area is 140 Å². The Morgan fingerprint density at radius 3 is 2.35 bits per heavy atom. The van der Waals surface area contributed by atoms with Crippen LogP contribution in [0.15, 0.2) is 34.9 Å². The second kappa shape index (κ2) is 7.48. The van der Waals surface area contributed by atoms with E-state index in [0.717, 1.165) is 44.1 Å². The fourth-order valence-corrected chi connectivity index (χ4v) is 3.41. The molecule has 1 aliphatic carbocycles. The molecule has 23 heavy (non-hydrogen) atoms. The third kappa shape index (κ3) is 5.07. The summed E-state index contributed by atoms with van der Waals surface area (Å²) < 4.78 is 5.57. The molecular weight excluding hydrogens is 288 g/mol. The van der Waals surface area contributed by atoms with E-state index in [0.29, 0.717) is 0 Å². The number of esters is 1.